The van der Waals surface area contributed by atoms with Crippen LogP contribution >= 0.6 is 0 Å². The maximum absolute atomic E-state index is 11.3. The molecule has 1 aromatic carbocycles. The molecule has 0 amide bonds. The van der Waals surface area contributed by atoms with Crippen LogP contribution in [-0.4, -0.2) is 6.29 Å². The lowest BCUT2D eigenvalue weighted by atomic mass is 9.86. The summed E-state index contributed by atoms with van der Waals surface area (Å²) in [5.74, 6) is 2.13. The van der Waals surface area contributed by atoms with Crippen LogP contribution in [0, 0.1) is 0 Å². The fourth-order valence-corrected chi connectivity index (χ4v) is 2.94. The summed E-state index contributed by atoms with van der Waals surface area (Å²) >= 11 is 0. The van der Waals surface area contributed by atoms with E-state index in [2.05, 4.69) is 0 Å². The van der Waals surface area contributed by atoms with Gasteiger partial charge in [-0.05, 0) is 18.9 Å². The monoisotopic (exact) mass is 254 g/mol. The minimum absolute atomic E-state index is 0.423. The molecule has 2 aromatic rings. The first-order valence-corrected chi connectivity index (χ1v) is 7.03. The zero-order valence-corrected chi connectivity index (χ0v) is 11.0. The largest absolute Gasteiger partial charge is 0.460 e. The summed E-state index contributed by atoms with van der Waals surface area (Å²) in [6.45, 7) is 0. The maximum atomic E-state index is 11.3. The summed E-state index contributed by atoms with van der Waals surface area (Å²) in [6.07, 6.45) is 7.00. The van der Waals surface area contributed by atoms with Gasteiger partial charge in [0.2, 0.25) is 0 Å². The molecule has 0 atom stereocenters. The summed E-state index contributed by atoms with van der Waals surface area (Å²) in [5.41, 5.74) is 1.76. The van der Waals surface area contributed by atoms with E-state index < -0.39 is 0 Å². The molecule has 0 aliphatic heterocycles. The van der Waals surface area contributed by atoms with E-state index in [0.717, 1.165) is 41.8 Å². The van der Waals surface area contributed by atoms with Gasteiger partial charge in [0.25, 0.3) is 0 Å². The molecule has 0 spiro atoms. The second-order valence-electron chi connectivity index (χ2n) is 5.25. The van der Waals surface area contributed by atoms with Gasteiger partial charge in [-0.2, -0.15) is 0 Å². The predicted octanol–water partition coefficient (Wildman–Crippen LogP) is 4.81. The zero-order chi connectivity index (χ0) is 13.1. The third-order valence-electron chi connectivity index (χ3n) is 3.95. The van der Waals surface area contributed by atoms with Gasteiger partial charge in [0, 0.05) is 11.5 Å². The van der Waals surface area contributed by atoms with Gasteiger partial charge in [0.1, 0.15) is 11.5 Å². The number of hydrogen-bond donors (Lipinski definition) is 0. The summed E-state index contributed by atoms with van der Waals surface area (Å²) in [4.78, 5) is 11.3. The van der Waals surface area contributed by atoms with Crippen molar-refractivity contribution < 1.29 is 9.21 Å². The lowest BCUT2D eigenvalue weighted by molar-refractivity contribution is 0.112. The van der Waals surface area contributed by atoms with Gasteiger partial charge in [-0.3, -0.25) is 4.79 Å². The number of carbonyl (C=O) groups excluding carboxylic acids is 1. The molecule has 1 heterocycles. The quantitative estimate of drug-likeness (QED) is 0.736. The van der Waals surface area contributed by atoms with Gasteiger partial charge in [-0.25, -0.2) is 0 Å². The first-order chi connectivity index (χ1) is 9.38. The van der Waals surface area contributed by atoms with E-state index in [-0.39, 0.29) is 0 Å². The molecule has 0 unspecified atom stereocenters. The molecular formula is C17H18O2. The van der Waals surface area contributed by atoms with Crippen LogP contribution in [0.1, 0.15) is 54.1 Å². The fourth-order valence-electron chi connectivity index (χ4n) is 2.94. The van der Waals surface area contributed by atoms with E-state index in [0.29, 0.717) is 5.92 Å². The molecular weight excluding hydrogens is 236 g/mol. The first-order valence-electron chi connectivity index (χ1n) is 7.03. The van der Waals surface area contributed by atoms with Crippen LogP contribution < -0.4 is 0 Å². The molecule has 2 nitrogen and oxygen atoms in total. The highest BCUT2D eigenvalue weighted by molar-refractivity contribution is 5.79. The zero-order valence-electron chi connectivity index (χ0n) is 11.0. The van der Waals surface area contributed by atoms with Crippen molar-refractivity contribution in [3.05, 3.63) is 47.7 Å². The van der Waals surface area contributed by atoms with Crippen LogP contribution in [0.25, 0.3) is 11.3 Å². The number of carbonyl (C=O) groups is 1. The van der Waals surface area contributed by atoms with Gasteiger partial charge in [-0.15, -0.1) is 0 Å². The lowest BCUT2D eigenvalue weighted by Gasteiger charge is -2.19. The molecule has 1 aliphatic rings. The normalized spacial score (nSPS) is 16.4. The molecule has 1 aliphatic carbocycles. The number of benzene rings is 1. The van der Waals surface area contributed by atoms with E-state index in [1.54, 1.807) is 0 Å². The van der Waals surface area contributed by atoms with Gasteiger partial charge < -0.3 is 4.42 Å². The van der Waals surface area contributed by atoms with E-state index in [9.17, 15) is 4.79 Å². The average Bonchev–Trinajstić information content (AvgIpc) is 2.93. The first kappa shape index (κ1) is 12.2. The fraction of sp³-hybridized carbons (Fsp3) is 0.353. The SMILES string of the molecule is O=Cc1cc(-c2ccccc2)oc1C1CCCCC1. The maximum Gasteiger partial charge on any atom is 0.153 e. The Balaban J connectivity index is 1.96. The van der Waals surface area contributed by atoms with E-state index >= 15 is 0 Å². The minimum Gasteiger partial charge on any atom is -0.460 e. The topological polar surface area (TPSA) is 30.2 Å². The number of furan rings is 1. The summed E-state index contributed by atoms with van der Waals surface area (Å²) in [7, 11) is 0. The molecule has 3 rings (SSSR count). The molecule has 1 fully saturated rings. The Morgan fingerprint density at radius 3 is 2.47 bits per heavy atom. The van der Waals surface area contributed by atoms with Crippen molar-refractivity contribution in [2.45, 2.75) is 38.0 Å². The molecule has 1 saturated carbocycles. The van der Waals surface area contributed by atoms with Gasteiger partial charge >= 0.3 is 0 Å². The molecule has 1 aromatic heterocycles. The Hall–Kier alpha value is -1.83. The number of aldehydes is 1. The van der Waals surface area contributed by atoms with Crippen molar-refractivity contribution >= 4 is 6.29 Å². The molecule has 0 bridgehead atoms. The van der Waals surface area contributed by atoms with Crippen molar-refractivity contribution in [2.75, 3.05) is 0 Å². The molecule has 0 radical (unpaired) electrons. The van der Waals surface area contributed by atoms with Crippen molar-refractivity contribution in [1.29, 1.82) is 0 Å². The highest BCUT2D eigenvalue weighted by Crippen LogP contribution is 2.37. The van der Waals surface area contributed by atoms with E-state index in [1.165, 1.54) is 19.3 Å². The van der Waals surface area contributed by atoms with Crippen molar-refractivity contribution in [1.82, 2.24) is 0 Å². The molecule has 19 heavy (non-hydrogen) atoms. The highest BCUT2D eigenvalue weighted by atomic mass is 16.3. The van der Waals surface area contributed by atoms with Crippen molar-refractivity contribution in [3.8, 4) is 11.3 Å². The van der Waals surface area contributed by atoms with Crippen LogP contribution in [-0.2, 0) is 0 Å². The van der Waals surface area contributed by atoms with Crippen LogP contribution in [0.15, 0.2) is 40.8 Å². The molecule has 0 N–H and O–H groups in total. The Morgan fingerprint density at radius 1 is 1.05 bits per heavy atom. The van der Waals surface area contributed by atoms with Crippen LogP contribution in [0.2, 0.25) is 0 Å². The third kappa shape index (κ3) is 2.48. The van der Waals surface area contributed by atoms with Crippen molar-refractivity contribution in [2.24, 2.45) is 0 Å². The van der Waals surface area contributed by atoms with E-state index in [4.69, 9.17) is 4.42 Å². The van der Waals surface area contributed by atoms with Gasteiger partial charge in [-0.1, -0.05) is 49.6 Å². The standard InChI is InChI=1S/C17H18O2/c18-12-15-11-16(13-7-3-1-4-8-13)19-17(15)14-9-5-2-6-10-14/h1,3-4,7-8,11-12,14H,2,5-6,9-10H2. The Kier molecular flexibility index (Phi) is 3.49. The molecule has 98 valence electrons. The van der Waals surface area contributed by atoms with Crippen LogP contribution in [0.5, 0.6) is 0 Å². The van der Waals surface area contributed by atoms with Crippen LogP contribution in [0.4, 0.5) is 0 Å². The van der Waals surface area contributed by atoms with Gasteiger partial charge in [0.05, 0.1) is 5.56 Å². The van der Waals surface area contributed by atoms with Crippen molar-refractivity contribution in [3.63, 3.8) is 0 Å². The Bertz CT molecular complexity index is 548. The average molecular weight is 254 g/mol. The second kappa shape index (κ2) is 5.43. The van der Waals surface area contributed by atoms with Crippen LogP contribution in [0.3, 0.4) is 0 Å². The lowest BCUT2D eigenvalue weighted by Crippen LogP contribution is -2.05. The Morgan fingerprint density at radius 2 is 1.79 bits per heavy atom. The van der Waals surface area contributed by atoms with E-state index in [1.807, 2.05) is 36.4 Å². The Labute approximate surface area is 113 Å². The number of hydrogen-bond acceptors (Lipinski definition) is 2. The second-order valence-corrected chi connectivity index (χ2v) is 5.25. The minimum atomic E-state index is 0.423. The summed E-state index contributed by atoms with van der Waals surface area (Å²) in [5, 5.41) is 0. The highest BCUT2D eigenvalue weighted by Gasteiger charge is 2.23. The summed E-state index contributed by atoms with van der Waals surface area (Å²) in [6, 6.07) is 11.9. The molecule has 2 heteroatoms. The van der Waals surface area contributed by atoms with Gasteiger partial charge in [0.15, 0.2) is 6.29 Å². The third-order valence-corrected chi connectivity index (χ3v) is 3.95. The number of rotatable bonds is 3. The summed E-state index contributed by atoms with van der Waals surface area (Å²) < 4.78 is 6.00. The smallest absolute Gasteiger partial charge is 0.153 e. The predicted molar refractivity (Wildman–Crippen MR) is 75.4 cm³/mol. The molecule has 0 saturated heterocycles.